The van der Waals surface area contributed by atoms with Crippen molar-refractivity contribution in [1.82, 2.24) is 4.31 Å². The van der Waals surface area contributed by atoms with E-state index in [9.17, 15) is 12.8 Å². The van der Waals surface area contributed by atoms with Crippen LogP contribution in [0.5, 0.6) is 0 Å². The molecular formula is C12H16FN3O2S. The molecule has 0 aliphatic rings. The smallest absolute Gasteiger partial charge is 0.245 e. The van der Waals surface area contributed by atoms with Gasteiger partial charge in [-0.15, -0.1) is 0 Å². The molecule has 0 aliphatic carbocycles. The van der Waals surface area contributed by atoms with E-state index in [1.165, 1.54) is 20.0 Å². The molecule has 1 unspecified atom stereocenters. The fourth-order valence-corrected chi connectivity index (χ4v) is 3.07. The first-order valence-electron chi connectivity index (χ1n) is 5.61. The normalized spacial score (nSPS) is 13.3. The summed E-state index contributed by atoms with van der Waals surface area (Å²) in [7, 11) is -2.69. The number of rotatable bonds is 4. The molecule has 104 valence electrons. The minimum absolute atomic E-state index is 0.00782. The van der Waals surface area contributed by atoms with Crippen molar-refractivity contribution in [3.63, 3.8) is 0 Å². The van der Waals surface area contributed by atoms with Crippen LogP contribution in [0.3, 0.4) is 0 Å². The lowest BCUT2D eigenvalue weighted by Gasteiger charge is -2.19. The summed E-state index contributed by atoms with van der Waals surface area (Å²) in [6.45, 7) is 3.03. The summed E-state index contributed by atoms with van der Waals surface area (Å²) in [5, 5.41) is 8.70. The van der Waals surface area contributed by atoms with Crippen molar-refractivity contribution in [2.45, 2.75) is 18.7 Å². The van der Waals surface area contributed by atoms with E-state index in [0.29, 0.717) is 0 Å². The molecular weight excluding hydrogens is 269 g/mol. The van der Waals surface area contributed by atoms with Gasteiger partial charge in [-0.1, -0.05) is 0 Å². The Labute approximate surface area is 112 Å². The lowest BCUT2D eigenvalue weighted by Crippen LogP contribution is -2.31. The van der Waals surface area contributed by atoms with Crippen molar-refractivity contribution in [3.8, 4) is 6.07 Å². The molecule has 0 spiro atoms. The average Bonchev–Trinajstić information content (AvgIpc) is 2.33. The number of anilines is 1. The molecule has 0 fully saturated rings. The highest BCUT2D eigenvalue weighted by Crippen LogP contribution is 2.24. The van der Waals surface area contributed by atoms with Gasteiger partial charge in [0.15, 0.2) is 0 Å². The second-order valence-electron chi connectivity index (χ2n) is 4.47. The van der Waals surface area contributed by atoms with Gasteiger partial charge in [0.25, 0.3) is 0 Å². The monoisotopic (exact) mass is 285 g/mol. The number of nitriles is 1. The minimum Gasteiger partial charge on any atom is -0.399 e. The standard InChI is InChI=1S/C12H16FN3O2S/c1-8(6-14)7-16(3)19(17,18)11-5-10(15)4-9(2)12(11)13/h4-5,8H,7,15H2,1-3H3. The SMILES string of the molecule is Cc1cc(N)cc(S(=O)(=O)N(C)CC(C)C#N)c1F. The van der Waals surface area contributed by atoms with Crippen LogP contribution in [-0.2, 0) is 10.0 Å². The minimum atomic E-state index is -3.99. The topological polar surface area (TPSA) is 87.2 Å². The molecule has 1 atom stereocenters. The molecule has 2 N–H and O–H groups in total. The summed E-state index contributed by atoms with van der Waals surface area (Å²) < 4.78 is 39.3. The van der Waals surface area contributed by atoms with E-state index in [4.69, 9.17) is 11.0 Å². The van der Waals surface area contributed by atoms with Gasteiger partial charge in [0, 0.05) is 19.3 Å². The second kappa shape index (κ2) is 5.55. The number of nitrogen functional groups attached to an aromatic ring is 1. The highest BCUT2D eigenvalue weighted by atomic mass is 32.2. The fraction of sp³-hybridized carbons (Fsp3) is 0.417. The number of aryl methyl sites for hydroxylation is 1. The fourth-order valence-electron chi connectivity index (χ4n) is 1.64. The zero-order valence-electron chi connectivity index (χ0n) is 11.0. The first-order chi connectivity index (χ1) is 8.70. The number of sulfonamides is 1. The van der Waals surface area contributed by atoms with Crippen molar-refractivity contribution < 1.29 is 12.8 Å². The Hall–Kier alpha value is -1.65. The Morgan fingerprint density at radius 1 is 1.53 bits per heavy atom. The van der Waals surface area contributed by atoms with Crippen LogP contribution < -0.4 is 5.73 Å². The maximum absolute atomic E-state index is 13.9. The maximum atomic E-state index is 13.9. The zero-order valence-corrected chi connectivity index (χ0v) is 11.8. The first-order valence-corrected chi connectivity index (χ1v) is 7.05. The molecule has 0 saturated heterocycles. The van der Waals surface area contributed by atoms with Gasteiger partial charge in [-0.25, -0.2) is 12.8 Å². The van der Waals surface area contributed by atoms with Crippen molar-refractivity contribution in [2.24, 2.45) is 5.92 Å². The summed E-state index contributed by atoms with van der Waals surface area (Å²) in [6.07, 6.45) is 0. The van der Waals surface area contributed by atoms with Crippen LogP contribution in [0.1, 0.15) is 12.5 Å². The number of hydrogen-bond donors (Lipinski definition) is 1. The van der Waals surface area contributed by atoms with Gasteiger partial charge in [0.2, 0.25) is 10.0 Å². The lowest BCUT2D eigenvalue weighted by atomic mass is 10.2. The van der Waals surface area contributed by atoms with E-state index >= 15 is 0 Å². The number of hydrogen-bond acceptors (Lipinski definition) is 4. The molecule has 0 radical (unpaired) electrons. The highest BCUT2D eigenvalue weighted by molar-refractivity contribution is 7.89. The third-order valence-corrected chi connectivity index (χ3v) is 4.51. The van der Waals surface area contributed by atoms with Gasteiger partial charge < -0.3 is 5.73 Å². The molecule has 0 amide bonds. The van der Waals surface area contributed by atoms with E-state index in [1.54, 1.807) is 6.92 Å². The van der Waals surface area contributed by atoms with E-state index in [1.807, 2.05) is 6.07 Å². The van der Waals surface area contributed by atoms with Crippen LogP contribution in [0.2, 0.25) is 0 Å². The Bertz CT molecular complexity index is 623. The Morgan fingerprint density at radius 3 is 2.63 bits per heavy atom. The van der Waals surface area contributed by atoms with Crippen molar-refractivity contribution >= 4 is 15.7 Å². The number of nitrogens with zero attached hydrogens (tertiary/aromatic N) is 2. The molecule has 19 heavy (non-hydrogen) atoms. The zero-order chi connectivity index (χ0) is 14.8. The molecule has 7 heteroatoms. The van der Waals surface area contributed by atoms with Gasteiger partial charge in [-0.2, -0.15) is 9.57 Å². The molecule has 0 aromatic heterocycles. The van der Waals surface area contributed by atoms with Gasteiger partial charge in [0.05, 0.1) is 12.0 Å². The summed E-state index contributed by atoms with van der Waals surface area (Å²) in [5.41, 5.74) is 5.90. The van der Waals surface area contributed by atoms with Crippen molar-refractivity contribution in [1.29, 1.82) is 5.26 Å². The molecule has 1 aromatic carbocycles. The lowest BCUT2D eigenvalue weighted by molar-refractivity contribution is 0.434. The number of benzene rings is 1. The van der Waals surface area contributed by atoms with Crippen LogP contribution in [0.25, 0.3) is 0 Å². The van der Waals surface area contributed by atoms with E-state index < -0.39 is 26.7 Å². The average molecular weight is 285 g/mol. The number of halogens is 1. The second-order valence-corrected chi connectivity index (χ2v) is 6.48. The third kappa shape index (κ3) is 3.22. The molecule has 0 aliphatic heterocycles. The predicted molar refractivity (Wildman–Crippen MR) is 70.1 cm³/mol. The van der Waals surface area contributed by atoms with Crippen molar-refractivity contribution in [3.05, 3.63) is 23.5 Å². The first kappa shape index (κ1) is 15.4. The molecule has 5 nitrogen and oxygen atoms in total. The maximum Gasteiger partial charge on any atom is 0.245 e. The van der Waals surface area contributed by atoms with Gasteiger partial charge in [0.1, 0.15) is 10.7 Å². The van der Waals surface area contributed by atoms with Gasteiger partial charge in [-0.3, -0.25) is 0 Å². The van der Waals surface area contributed by atoms with Crippen LogP contribution in [0.15, 0.2) is 17.0 Å². The van der Waals surface area contributed by atoms with E-state index in [0.717, 1.165) is 10.4 Å². The molecule has 0 bridgehead atoms. The summed E-state index contributed by atoms with van der Waals surface area (Å²) >= 11 is 0. The molecule has 1 rings (SSSR count). The number of nitrogens with two attached hydrogens (primary N) is 1. The van der Waals surface area contributed by atoms with Crippen LogP contribution in [0.4, 0.5) is 10.1 Å². The summed E-state index contributed by atoms with van der Waals surface area (Å²) in [5.74, 6) is -1.30. The van der Waals surface area contributed by atoms with Crippen LogP contribution in [-0.4, -0.2) is 26.3 Å². The van der Waals surface area contributed by atoms with Gasteiger partial charge >= 0.3 is 0 Å². The summed E-state index contributed by atoms with van der Waals surface area (Å²) in [6, 6.07) is 4.39. The largest absolute Gasteiger partial charge is 0.399 e. The Morgan fingerprint density at radius 2 is 2.11 bits per heavy atom. The Balaban J connectivity index is 3.25. The predicted octanol–water partition coefficient (Wildman–Crippen LogP) is 1.50. The molecule has 0 saturated carbocycles. The van der Waals surface area contributed by atoms with Gasteiger partial charge in [-0.05, 0) is 31.5 Å². The van der Waals surface area contributed by atoms with E-state index in [-0.39, 0.29) is 17.8 Å². The van der Waals surface area contributed by atoms with Crippen molar-refractivity contribution in [2.75, 3.05) is 19.3 Å². The molecule has 1 aromatic rings. The quantitative estimate of drug-likeness (QED) is 0.849. The Kier molecular flexibility index (Phi) is 4.50. The molecule has 0 heterocycles. The summed E-state index contributed by atoms with van der Waals surface area (Å²) in [4.78, 5) is -0.461. The van der Waals surface area contributed by atoms with Crippen LogP contribution in [0, 0.1) is 30.0 Å². The third-order valence-electron chi connectivity index (χ3n) is 2.68. The van der Waals surface area contributed by atoms with E-state index in [2.05, 4.69) is 0 Å². The highest BCUT2D eigenvalue weighted by Gasteiger charge is 2.26. The van der Waals surface area contributed by atoms with Crippen LogP contribution >= 0.6 is 0 Å².